The van der Waals surface area contributed by atoms with Crippen molar-refractivity contribution >= 4 is 17.9 Å². The molecular formula is C18H25N5O4. The van der Waals surface area contributed by atoms with E-state index in [9.17, 15) is 19.8 Å². The molecule has 9 nitrogen and oxygen atoms in total. The Balaban J connectivity index is 1.88. The van der Waals surface area contributed by atoms with Crippen LogP contribution in [0.15, 0.2) is 35.3 Å². The average Bonchev–Trinajstić information content (AvgIpc) is 3.05. The summed E-state index contributed by atoms with van der Waals surface area (Å²) in [4.78, 5) is 34.1. The van der Waals surface area contributed by atoms with E-state index in [1.54, 1.807) is 11.9 Å². The molecule has 1 aromatic carbocycles. The topological polar surface area (TPSA) is 109 Å². The number of rotatable bonds is 7. The van der Waals surface area contributed by atoms with Gasteiger partial charge in [-0.05, 0) is 12.0 Å². The van der Waals surface area contributed by atoms with Crippen molar-refractivity contribution in [2.24, 2.45) is 4.99 Å². The molecule has 0 saturated carbocycles. The lowest BCUT2D eigenvalue weighted by Gasteiger charge is -2.37. The maximum Gasteiger partial charge on any atom is 0.325 e. The molecule has 2 atom stereocenters. The molecule has 2 aliphatic heterocycles. The van der Waals surface area contributed by atoms with Crippen molar-refractivity contribution in [2.45, 2.75) is 18.6 Å². The Hall–Kier alpha value is -2.65. The average molecular weight is 375 g/mol. The zero-order chi connectivity index (χ0) is 19.4. The van der Waals surface area contributed by atoms with Gasteiger partial charge in [0.05, 0.1) is 13.2 Å². The van der Waals surface area contributed by atoms with E-state index in [0.29, 0.717) is 18.9 Å². The quantitative estimate of drug-likeness (QED) is 0.568. The number of amides is 3. The smallest absolute Gasteiger partial charge is 0.325 e. The highest BCUT2D eigenvalue weighted by molar-refractivity contribution is 6.03. The van der Waals surface area contributed by atoms with Crippen molar-refractivity contribution in [3.63, 3.8) is 0 Å². The van der Waals surface area contributed by atoms with E-state index >= 15 is 0 Å². The number of carbonyl (C=O) groups is 2. The molecule has 3 N–H and O–H groups in total. The Morgan fingerprint density at radius 3 is 2.44 bits per heavy atom. The minimum absolute atomic E-state index is 0.109. The van der Waals surface area contributed by atoms with Gasteiger partial charge < -0.3 is 24.9 Å². The fourth-order valence-electron chi connectivity index (χ4n) is 3.46. The molecule has 2 unspecified atom stereocenters. The molecular weight excluding hydrogens is 350 g/mol. The summed E-state index contributed by atoms with van der Waals surface area (Å²) in [6, 6.07) is 8.78. The van der Waals surface area contributed by atoms with Gasteiger partial charge in [0.1, 0.15) is 0 Å². The van der Waals surface area contributed by atoms with Gasteiger partial charge in [-0.2, -0.15) is 0 Å². The number of imide groups is 1. The van der Waals surface area contributed by atoms with Crippen molar-refractivity contribution in [1.82, 2.24) is 20.0 Å². The van der Waals surface area contributed by atoms with Gasteiger partial charge in [0.15, 0.2) is 18.2 Å². The standard InChI is InChI=1S/C18H25N5O4/c1-21-15-14(16(26)20-18(21)27)23(8-7-13-5-3-2-4-6-13)17(19-15)22(9-11-24)10-12-25/h2-6,14-15,24-25H,7-12H2,1H3,(H,20,26,27). The minimum atomic E-state index is -0.633. The largest absolute Gasteiger partial charge is 0.395 e. The number of aliphatic hydroxyl groups is 2. The van der Waals surface area contributed by atoms with Gasteiger partial charge in [-0.1, -0.05) is 30.3 Å². The number of aliphatic imine (C=N–C) groups is 1. The second-order valence-electron chi connectivity index (χ2n) is 6.56. The predicted octanol–water partition coefficient (Wildman–Crippen LogP) is -0.936. The number of carbonyl (C=O) groups excluding carboxylic acids is 2. The zero-order valence-electron chi connectivity index (χ0n) is 15.3. The summed E-state index contributed by atoms with van der Waals surface area (Å²) in [6.45, 7) is 0.858. The van der Waals surface area contributed by atoms with Crippen molar-refractivity contribution in [3.05, 3.63) is 35.9 Å². The van der Waals surface area contributed by atoms with Gasteiger partial charge >= 0.3 is 6.03 Å². The van der Waals surface area contributed by atoms with E-state index in [0.717, 1.165) is 5.56 Å². The van der Waals surface area contributed by atoms with Gasteiger partial charge in [0.2, 0.25) is 0 Å². The summed E-state index contributed by atoms with van der Waals surface area (Å²) in [7, 11) is 1.60. The van der Waals surface area contributed by atoms with Gasteiger partial charge in [-0.25, -0.2) is 9.79 Å². The van der Waals surface area contributed by atoms with E-state index in [1.807, 2.05) is 35.2 Å². The normalized spacial score (nSPS) is 21.8. The lowest BCUT2D eigenvalue weighted by Crippen LogP contribution is -2.64. The lowest BCUT2D eigenvalue weighted by atomic mass is 10.1. The fourth-order valence-corrected chi connectivity index (χ4v) is 3.46. The van der Waals surface area contributed by atoms with Crippen LogP contribution in [0.2, 0.25) is 0 Å². The highest BCUT2D eigenvalue weighted by Crippen LogP contribution is 2.25. The summed E-state index contributed by atoms with van der Waals surface area (Å²) >= 11 is 0. The molecule has 2 aliphatic rings. The lowest BCUT2D eigenvalue weighted by molar-refractivity contribution is -0.127. The maximum absolute atomic E-state index is 12.5. The molecule has 0 aromatic heterocycles. The number of guanidine groups is 1. The highest BCUT2D eigenvalue weighted by atomic mass is 16.3. The van der Waals surface area contributed by atoms with Crippen LogP contribution >= 0.6 is 0 Å². The van der Waals surface area contributed by atoms with E-state index in [1.165, 1.54) is 4.90 Å². The summed E-state index contributed by atoms with van der Waals surface area (Å²) < 4.78 is 0. The number of nitrogens with zero attached hydrogens (tertiary/aromatic N) is 4. The Kier molecular flexibility index (Phi) is 5.92. The molecule has 1 fully saturated rings. The second kappa shape index (κ2) is 8.36. The zero-order valence-corrected chi connectivity index (χ0v) is 15.3. The van der Waals surface area contributed by atoms with Crippen LogP contribution in [-0.2, 0) is 11.2 Å². The minimum Gasteiger partial charge on any atom is -0.395 e. The third kappa shape index (κ3) is 3.88. The third-order valence-corrected chi connectivity index (χ3v) is 4.85. The maximum atomic E-state index is 12.5. The first kappa shape index (κ1) is 19.1. The Labute approximate surface area is 157 Å². The Morgan fingerprint density at radius 2 is 1.81 bits per heavy atom. The van der Waals surface area contributed by atoms with Crippen LogP contribution in [0, 0.1) is 0 Å². The van der Waals surface area contributed by atoms with Crippen LogP contribution in [0.1, 0.15) is 5.56 Å². The van der Waals surface area contributed by atoms with Crippen LogP contribution in [0.25, 0.3) is 0 Å². The number of urea groups is 1. The Bertz CT molecular complexity index is 705. The molecule has 3 amide bonds. The Morgan fingerprint density at radius 1 is 1.15 bits per heavy atom. The van der Waals surface area contributed by atoms with Gasteiger partial charge in [0, 0.05) is 26.7 Å². The van der Waals surface area contributed by atoms with Crippen molar-refractivity contribution < 1.29 is 19.8 Å². The second-order valence-corrected chi connectivity index (χ2v) is 6.56. The number of benzene rings is 1. The fraction of sp³-hybridized carbons (Fsp3) is 0.500. The number of aliphatic hydroxyl groups excluding tert-OH is 2. The number of nitrogens with one attached hydrogen (secondary N) is 1. The van der Waals surface area contributed by atoms with Crippen molar-refractivity contribution in [1.29, 1.82) is 0 Å². The summed E-state index contributed by atoms with van der Waals surface area (Å²) in [5.41, 5.74) is 1.12. The summed E-state index contributed by atoms with van der Waals surface area (Å²) in [6.07, 6.45) is 0.0667. The molecule has 0 radical (unpaired) electrons. The van der Waals surface area contributed by atoms with Gasteiger partial charge in [-0.15, -0.1) is 0 Å². The van der Waals surface area contributed by atoms with Crippen LogP contribution < -0.4 is 5.32 Å². The molecule has 2 heterocycles. The van der Waals surface area contributed by atoms with E-state index in [4.69, 9.17) is 0 Å². The first-order chi connectivity index (χ1) is 13.1. The third-order valence-electron chi connectivity index (χ3n) is 4.85. The SMILES string of the molecule is CN1C(=O)NC(=O)C2C1N=C(N(CCO)CCO)N2CCc1ccccc1. The van der Waals surface area contributed by atoms with E-state index in [2.05, 4.69) is 10.3 Å². The number of hydrogen-bond acceptors (Lipinski definition) is 7. The molecule has 0 bridgehead atoms. The van der Waals surface area contributed by atoms with Crippen LogP contribution in [-0.4, -0.2) is 94.9 Å². The summed E-state index contributed by atoms with van der Waals surface area (Å²) in [5.74, 6) is 0.128. The van der Waals surface area contributed by atoms with Crippen LogP contribution in [0.5, 0.6) is 0 Å². The molecule has 1 saturated heterocycles. The van der Waals surface area contributed by atoms with Crippen LogP contribution in [0.4, 0.5) is 4.79 Å². The number of likely N-dealkylation sites (N-methyl/N-ethyl adjacent to an activating group) is 1. The van der Waals surface area contributed by atoms with E-state index in [-0.39, 0.29) is 32.2 Å². The molecule has 3 rings (SSSR count). The highest BCUT2D eigenvalue weighted by Gasteiger charge is 2.49. The van der Waals surface area contributed by atoms with Gasteiger partial charge in [0.25, 0.3) is 5.91 Å². The molecule has 146 valence electrons. The number of hydrogen-bond donors (Lipinski definition) is 3. The molecule has 27 heavy (non-hydrogen) atoms. The molecule has 1 aromatic rings. The van der Waals surface area contributed by atoms with Crippen LogP contribution in [0.3, 0.4) is 0 Å². The van der Waals surface area contributed by atoms with Crippen molar-refractivity contribution in [3.8, 4) is 0 Å². The summed E-state index contributed by atoms with van der Waals surface area (Å²) in [5, 5.41) is 21.1. The van der Waals surface area contributed by atoms with Crippen molar-refractivity contribution in [2.75, 3.05) is 39.9 Å². The molecule has 0 spiro atoms. The molecule has 9 heteroatoms. The number of fused-ring (bicyclic) bond motifs is 1. The monoisotopic (exact) mass is 375 g/mol. The molecule has 0 aliphatic carbocycles. The van der Waals surface area contributed by atoms with Gasteiger partial charge in [-0.3, -0.25) is 10.1 Å². The first-order valence-electron chi connectivity index (χ1n) is 8.99. The first-order valence-corrected chi connectivity index (χ1v) is 8.99. The predicted molar refractivity (Wildman–Crippen MR) is 98.9 cm³/mol. The van der Waals surface area contributed by atoms with E-state index < -0.39 is 18.2 Å².